The third-order valence-electron chi connectivity index (χ3n) is 4.69. The summed E-state index contributed by atoms with van der Waals surface area (Å²) in [5.41, 5.74) is 3.45. The molecule has 2 amide bonds. The summed E-state index contributed by atoms with van der Waals surface area (Å²) in [4.78, 5) is 14.3. The third-order valence-corrected chi connectivity index (χ3v) is 6.46. The van der Waals surface area contributed by atoms with Crippen LogP contribution >= 0.6 is 0 Å². The van der Waals surface area contributed by atoms with Crippen molar-refractivity contribution in [3.8, 4) is 0 Å². The predicted octanol–water partition coefficient (Wildman–Crippen LogP) is 2.46. The van der Waals surface area contributed by atoms with E-state index in [1.807, 2.05) is 6.07 Å². The Morgan fingerprint density at radius 2 is 2.13 bits per heavy atom. The summed E-state index contributed by atoms with van der Waals surface area (Å²) >= 11 is 0. The monoisotopic (exact) mass is 336 g/mol. The largest absolute Gasteiger partial charge is 0.334 e. The van der Waals surface area contributed by atoms with Crippen LogP contribution in [0.15, 0.2) is 18.2 Å². The lowest BCUT2D eigenvalue weighted by atomic mass is 9.95. The number of benzene rings is 1. The molecule has 1 fully saturated rings. The zero-order valence-corrected chi connectivity index (χ0v) is 14.5. The van der Waals surface area contributed by atoms with E-state index in [2.05, 4.69) is 31.3 Å². The minimum atomic E-state index is -2.98. The molecule has 2 heterocycles. The van der Waals surface area contributed by atoms with Crippen molar-refractivity contribution < 1.29 is 13.2 Å². The molecule has 126 valence electrons. The van der Waals surface area contributed by atoms with Crippen molar-refractivity contribution in [2.75, 3.05) is 23.0 Å². The molecule has 2 aliphatic heterocycles. The Kier molecular flexibility index (Phi) is 4.36. The second kappa shape index (κ2) is 6.15. The first kappa shape index (κ1) is 16.3. The van der Waals surface area contributed by atoms with Gasteiger partial charge in [0.15, 0.2) is 9.84 Å². The Morgan fingerprint density at radius 1 is 1.35 bits per heavy atom. The summed E-state index contributed by atoms with van der Waals surface area (Å²) in [5.74, 6) is 0.700. The van der Waals surface area contributed by atoms with Crippen LogP contribution in [0.25, 0.3) is 0 Å². The fraction of sp³-hybridized carbons (Fsp3) is 0.588. The van der Waals surface area contributed by atoms with Gasteiger partial charge in [-0.25, -0.2) is 13.2 Å². The molecule has 1 atom stereocenters. The Balaban J connectivity index is 1.76. The van der Waals surface area contributed by atoms with Gasteiger partial charge in [-0.3, -0.25) is 4.90 Å². The first-order valence-electron chi connectivity index (χ1n) is 8.27. The minimum Gasteiger partial charge on any atom is -0.334 e. The van der Waals surface area contributed by atoms with Crippen LogP contribution in [0.3, 0.4) is 0 Å². The van der Waals surface area contributed by atoms with Gasteiger partial charge >= 0.3 is 6.03 Å². The molecule has 6 heteroatoms. The quantitative estimate of drug-likeness (QED) is 0.902. The number of urea groups is 1. The van der Waals surface area contributed by atoms with Crippen molar-refractivity contribution in [1.82, 2.24) is 5.32 Å². The van der Waals surface area contributed by atoms with Crippen LogP contribution in [-0.2, 0) is 16.3 Å². The molecule has 23 heavy (non-hydrogen) atoms. The molecule has 0 spiro atoms. The number of sulfone groups is 1. The number of nitrogens with one attached hydrogen (secondary N) is 1. The van der Waals surface area contributed by atoms with Gasteiger partial charge in [0, 0.05) is 18.3 Å². The van der Waals surface area contributed by atoms with Gasteiger partial charge in [0.25, 0.3) is 0 Å². The van der Waals surface area contributed by atoms with Crippen molar-refractivity contribution in [1.29, 1.82) is 0 Å². The molecule has 3 rings (SSSR count). The van der Waals surface area contributed by atoms with Crippen LogP contribution in [0.2, 0.25) is 0 Å². The summed E-state index contributed by atoms with van der Waals surface area (Å²) in [7, 11) is -2.98. The highest BCUT2D eigenvalue weighted by Gasteiger charge is 2.31. The number of amides is 2. The van der Waals surface area contributed by atoms with Gasteiger partial charge in [-0.15, -0.1) is 0 Å². The van der Waals surface area contributed by atoms with E-state index in [1.54, 1.807) is 4.90 Å². The number of carbonyl (C=O) groups is 1. The number of carbonyl (C=O) groups excluding carboxylic acids is 1. The Hall–Kier alpha value is -1.56. The highest BCUT2D eigenvalue weighted by Crippen LogP contribution is 2.30. The first-order chi connectivity index (χ1) is 10.9. The Morgan fingerprint density at radius 3 is 2.78 bits per heavy atom. The molecule has 0 saturated carbocycles. The maximum Gasteiger partial charge on any atom is 0.322 e. The van der Waals surface area contributed by atoms with Gasteiger partial charge in [0.2, 0.25) is 0 Å². The summed E-state index contributed by atoms with van der Waals surface area (Å²) in [6.07, 6.45) is 2.43. The zero-order chi connectivity index (χ0) is 16.6. The van der Waals surface area contributed by atoms with Gasteiger partial charge in [-0.05, 0) is 42.4 Å². The van der Waals surface area contributed by atoms with E-state index in [1.165, 1.54) is 11.1 Å². The molecular weight excluding hydrogens is 312 g/mol. The maximum atomic E-state index is 12.6. The van der Waals surface area contributed by atoms with E-state index < -0.39 is 9.84 Å². The van der Waals surface area contributed by atoms with Crippen LogP contribution in [0.4, 0.5) is 10.5 Å². The summed E-state index contributed by atoms with van der Waals surface area (Å²) in [5, 5.41) is 2.89. The lowest BCUT2D eigenvalue weighted by Crippen LogP contribution is -2.47. The van der Waals surface area contributed by atoms with E-state index in [0.29, 0.717) is 18.9 Å². The SMILES string of the molecule is CC(C)c1ccc2c(c1)CCCN2C(=O)N[C@@H]1CCS(=O)(=O)C1. The van der Waals surface area contributed by atoms with Gasteiger partial charge in [-0.2, -0.15) is 0 Å². The van der Waals surface area contributed by atoms with E-state index in [0.717, 1.165) is 18.5 Å². The number of anilines is 1. The van der Waals surface area contributed by atoms with Crippen LogP contribution in [0.5, 0.6) is 0 Å². The fourth-order valence-electron chi connectivity index (χ4n) is 3.35. The molecule has 1 saturated heterocycles. The highest BCUT2D eigenvalue weighted by molar-refractivity contribution is 7.91. The average Bonchev–Trinajstić information content (AvgIpc) is 2.84. The Bertz CT molecular complexity index is 713. The molecule has 2 aliphatic rings. The molecule has 1 aromatic rings. The molecule has 0 radical (unpaired) electrons. The molecule has 0 unspecified atom stereocenters. The zero-order valence-electron chi connectivity index (χ0n) is 13.7. The summed E-state index contributed by atoms with van der Waals surface area (Å²) < 4.78 is 23.1. The fourth-order valence-corrected chi connectivity index (χ4v) is 5.02. The van der Waals surface area contributed by atoms with Crippen molar-refractivity contribution in [2.24, 2.45) is 0 Å². The van der Waals surface area contributed by atoms with E-state index in [-0.39, 0.29) is 23.6 Å². The van der Waals surface area contributed by atoms with Crippen molar-refractivity contribution >= 4 is 21.6 Å². The van der Waals surface area contributed by atoms with Crippen LogP contribution in [0, 0.1) is 0 Å². The van der Waals surface area contributed by atoms with Crippen LogP contribution in [-0.4, -0.2) is 38.5 Å². The van der Waals surface area contributed by atoms with E-state index >= 15 is 0 Å². The van der Waals surface area contributed by atoms with Crippen molar-refractivity contribution in [3.05, 3.63) is 29.3 Å². The number of rotatable bonds is 2. The highest BCUT2D eigenvalue weighted by atomic mass is 32.2. The number of hydrogen-bond donors (Lipinski definition) is 1. The standard InChI is InChI=1S/C17H24N2O3S/c1-12(2)13-5-6-16-14(10-13)4-3-8-19(16)17(20)18-15-7-9-23(21,22)11-15/h5-6,10,12,15H,3-4,7-9,11H2,1-2H3,(H,18,20)/t15-/m1/s1. The van der Waals surface area contributed by atoms with E-state index in [4.69, 9.17) is 0 Å². The first-order valence-corrected chi connectivity index (χ1v) is 10.1. The summed E-state index contributed by atoms with van der Waals surface area (Å²) in [6.45, 7) is 5.00. The normalized spacial score (nSPS) is 22.9. The van der Waals surface area contributed by atoms with Crippen molar-refractivity contribution in [2.45, 2.75) is 45.1 Å². The number of hydrogen-bond acceptors (Lipinski definition) is 3. The average molecular weight is 336 g/mol. The van der Waals surface area contributed by atoms with Gasteiger partial charge < -0.3 is 5.32 Å². The molecule has 0 bridgehead atoms. The number of fused-ring (bicyclic) bond motifs is 1. The topological polar surface area (TPSA) is 66.5 Å². The van der Waals surface area contributed by atoms with Crippen LogP contribution < -0.4 is 10.2 Å². The van der Waals surface area contributed by atoms with Gasteiger partial charge in [0.05, 0.1) is 11.5 Å². The number of aryl methyl sites for hydroxylation is 1. The molecule has 1 N–H and O–H groups in total. The molecular formula is C17H24N2O3S. The predicted molar refractivity (Wildman–Crippen MR) is 91.8 cm³/mol. The number of nitrogens with zero attached hydrogens (tertiary/aromatic N) is 1. The second-order valence-corrected chi connectivity index (χ2v) is 9.08. The van der Waals surface area contributed by atoms with Gasteiger partial charge in [-0.1, -0.05) is 26.0 Å². The lowest BCUT2D eigenvalue weighted by molar-refractivity contribution is 0.243. The minimum absolute atomic E-state index is 0.0612. The smallest absolute Gasteiger partial charge is 0.322 e. The molecule has 1 aromatic carbocycles. The Labute approximate surface area is 138 Å². The van der Waals surface area contributed by atoms with Crippen molar-refractivity contribution in [3.63, 3.8) is 0 Å². The van der Waals surface area contributed by atoms with E-state index in [9.17, 15) is 13.2 Å². The maximum absolute atomic E-state index is 12.6. The third kappa shape index (κ3) is 3.52. The lowest BCUT2D eigenvalue weighted by Gasteiger charge is -2.31. The molecule has 0 aliphatic carbocycles. The van der Waals surface area contributed by atoms with Crippen LogP contribution in [0.1, 0.15) is 43.7 Å². The van der Waals surface area contributed by atoms with Gasteiger partial charge in [0.1, 0.15) is 0 Å². The second-order valence-electron chi connectivity index (χ2n) is 6.85. The molecule has 5 nitrogen and oxygen atoms in total. The molecule has 0 aromatic heterocycles. The summed E-state index contributed by atoms with van der Waals surface area (Å²) in [6, 6.07) is 5.86.